The van der Waals surface area contributed by atoms with E-state index in [1.54, 1.807) is 11.1 Å². The van der Waals surface area contributed by atoms with E-state index in [9.17, 15) is 0 Å². The van der Waals surface area contributed by atoms with E-state index in [0.29, 0.717) is 23.4 Å². The molecule has 1 aromatic carbocycles. The summed E-state index contributed by atoms with van der Waals surface area (Å²) < 4.78 is 0. The molecule has 0 aromatic heterocycles. The molecule has 1 aliphatic heterocycles. The molecule has 2 nitrogen and oxygen atoms in total. The van der Waals surface area contributed by atoms with Gasteiger partial charge < -0.3 is 0 Å². The Bertz CT molecular complexity index is 501. The van der Waals surface area contributed by atoms with Gasteiger partial charge in [0.05, 0.1) is 12.1 Å². The standard InChI is InChI=1S/C13H12N2/c1-2-4-8-7(3-1)9-11-10(8)13(5-6-13)12(9)15-14-11/h1-4,9-12H,5-6H2/t9-,10-,11+,12-/m1/s1. The van der Waals surface area contributed by atoms with Crippen LogP contribution in [0.3, 0.4) is 0 Å². The zero-order valence-electron chi connectivity index (χ0n) is 8.43. The highest BCUT2D eigenvalue weighted by atomic mass is 15.3. The zero-order valence-corrected chi connectivity index (χ0v) is 8.43. The molecule has 0 amide bonds. The van der Waals surface area contributed by atoms with Crippen LogP contribution in [0.5, 0.6) is 0 Å². The molecule has 1 spiro atoms. The van der Waals surface area contributed by atoms with Gasteiger partial charge in [-0.3, -0.25) is 0 Å². The molecule has 2 fully saturated rings. The second-order valence-corrected chi connectivity index (χ2v) is 5.53. The highest BCUT2D eigenvalue weighted by Crippen LogP contribution is 2.76. The first-order chi connectivity index (χ1) is 7.42. The van der Waals surface area contributed by atoms with Crippen LogP contribution in [0.4, 0.5) is 0 Å². The maximum absolute atomic E-state index is 4.53. The van der Waals surface area contributed by atoms with Crippen LogP contribution >= 0.6 is 0 Å². The van der Waals surface area contributed by atoms with Crippen molar-refractivity contribution in [3.8, 4) is 0 Å². The Balaban J connectivity index is 1.85. The molecule has 1 aromatic rings. The molecule has 3 aliphatic carbocycles. The van der Waals surface area contributed by atoms with Gasteiger partial charge >= 0.3 is 0 Å². The number of fused-ring (bicyclic) bond motifs is 4. The molecular weight excluding hydrogens is 184 g/mol. The average molecular weight is 196 g/mol. The van der Waals surface area contributed by atoms with E-state index in [1.165, 1.54) is 12.8 Å². The first-order valence-electron chi connectivity index (χ1n) is 5.91. The quantitative estimate of drug-likeness (QED) is 0.609. The van der Waals surface area contributed by atoms with Crippen molar-refractivity contribution in [3.05, 3.63) is 35.4 Å². The molecule has 2 saturated carbocycles. The van der Waals surface area contributed by atoms with Crippen LogP contribution < -0.4 is 0 Å². The summed E-state index contributed by atoms with van der Waals surface area (Å²) in [6, 6.07) is 10.0. The lowest BCUT2D eigenvalue weighted by Gasteiger charge is -2.29. The van der Waals surface area contributed by atoms with Crippen LogP contribution in [0.25, 0.3) is 0 Å². The van der Waals surface area contributed by atoms with Crippen LogP contribution in [0.1, 0.15) is 35.8 Å². The van der Waals surface area contributed by atoms with Gasteiger partial charge in [-0.25, -0.2) is 0 Å². The molecule has 4 aliphatic rings. The molecule has 4 bridgehead atoms. The maximum Gasteiger partial charge on any atom is 0.0872 e. The minimum Gasteiger partial charge on any atom is -0.189 e. The van der Waals surface area contributed by atoms with Crippen molar-refractivity contribution >= 4 is 0 Å². The topological polar surface area (TPSA) is 24.7 Å². The summed E-state index contributed by atoms with van der Waals surface area (Å²) in [7, 11) is 0. The molecule has 4 atom stereocenters. The first-order valence-corrected chi connectivity index (χ1v) is 5.91. The summed E-state index contributed by atoms with van der Waals surface area (Å²) >= 11 is 0. The molecule has 5 rings (SSSR count). The van der Waals surface area contributed by atoms with E-state index >= 15 is 0 Å². The largest absolute Gasteiger partial charge is 0.189 e. The van der Waals surface area contributed by atoms with Gasteiger partial charge in [-0.05, 0) is 24.0 Å². The zero-order chi connectivity index (χ0) is 9.62. The Kier molecular flexibility index (Phi) is 0.899. The van der Waals surface area contributed by atoms with Crippen LogP contribution in [0.15, 0.2) is 34.5 Å². The number of azo groups is 1. The molecule has 15 heavy (non-hydrogen) atoms. The van der Waals surface area contributed by atoms with Gasteiger partial charge in [-0.15, -0.1) is 0 Å². The van der Waals surface area contributed by atoms with Gasteiger partial charge in [-0.1, -0.05) is 24.3 Å². The molecule has 0 radical (unpaired) electrons. The molecule has 1 heterocycles. The van der Waals surface area contributed by atoms with Crippen LogP contribution in [0, 0.1) is 5.41 Å². The Morgan fingerprint density at radius 1 is 1.07 bits per heavy atom. The summed E-state index contributed by atoms with van der Waals surface area (Å²) in [5, 5.41) is 9.03. The fraction of sp³-hybridized carbons (Fsp3) is 0.538. The minimum atomic E-state index is 0.509. The SMILES string of the molecule is c1ccc2c(c1)[C@@H]1[C@@H]3N=N[C@H]1C1(CC1)[C@H]23. The number of hydrogen-bond acceptors (Lipinski definition) is 2. The van der Waals surface area contributed by atoms with E-state index in [0.717, 1.165) is 5.92 Å². The van der Waals surface area contributed by atoms with Gasteiger partial charge in [0.1, 0.15) is 0 Å². The smallest absolute Gasteiger partial charge is 0.0872 e. The predicted octanol–water partition coefficient (Wildman–Crippen LogP) is 2.86. The van der Waals surface area contributed by atoms with Crippen molar-refractivity contribution in [1.82, 2.24) is 0 Å². The number of benzene rings is 1. The number of hydrogen-bond donors (Lipinski definition) is 0. The van der Waals surface area contributed by atoms with Crippen molar-refractivity contribution in [3.63, 3.8) is 0 Å². The lowest BCUT2D eigenvalue weighted by atomic mass is 9.77. The predicted molar refractivity (Wildman–Crippen MR) is 56.0 cm³/mol. The van der Waals surface area contributed by atoms with Crippen molar-refractivity contribution in [1.29, 1.82) is 0 Å². The lowest BCUT2D eigenvalue weighted by Crippen LogP contribution is -2.26. The van der Waals surface area contributed by atoms with Gasteiger partial charge in [0, 0.05) is 17.3 Å². The highest BCUT2D eigenvalue weighted by molar-refractivity contribution is 5.52. The van der Waals surface area contributed by atoms with Gasteiger partial charge in [0.2, 0.25) is 0 Å². The Labute approximate surface area is 88.4 Å². The van der Waals surface area contributed by atoms with Crippen molar-refractivity contribution in [2.75, 3.05) is 0 Å². The van der Waals surface area contributed by atoms with Crippen LogP contribution in [-0.4, -0.2) is 12.1 Å². The second-order valence-electron chi connectivity index (χ2n) is 5.53. The summed E-state index contributed by atoms with van der Waals surface area (Å²) in [5.74, 6) is 1.37. The maximum atomic E-state index is 4.53. The molecule has 74 valence electrons. The monoisotopic (exact) mass is 196 g/mol. The third-order valence-electron chi connectivity index (χ3n) is 5.10. The van der Waals surface area contributed by atoms with Crippen LogP contribution in [-0.2, 0) is 0 Å². The van der Waals surface area contributed by atoms with Crippen LogP contribution in [0.2, 0.25) is 0 Å². The van der Waals surface area contributed by atoms with E-state index < -0.39 is 0 Å². The molecule has 0 unspecified atom stereocenters. The lowest BCUT2D eigenvalue weighted by molar-refractivity contribution is 0.353. The summed E-state index contributed by atoms with van der Waals surface area (Å²) in [4.78, 5) is 0. The summed E-state index contributed by atoms with van der Waals surface area (Å²) in [6.45, 7) is 0. The van der Waals surface area contributed by atoms with E-state index in [2.05, 4.69) is 34.5 Å². The molecule has 0 N–H and O–H groups in total. The molecule has 0 saturated heterocycles. The number of nitrogens with zero attached hydrogens (tertiary/aromatic N) is 2. The van der Waals surface area contributed by atoms with Gasteiger partial charge in [0.15, 0.2) is 0 Å². The normalized spacial score (nSPS) is 45.1. The van der Waals surface area contributed by atoms with E-state index in [-0.39, 0.29) is 0 Å². The third kappa shape index (κ3) is 0.559. The number of rotatable bonds is 0. The Hall–Kier alpha value is -1.18. The van der Waals surface area contributed by atoms with Gasteiger partial charge in [0.25, 0.3) is 0 Å². The summed E-state index contributed by atoms with van der Waals surface area (Å²) in [6.07, 6.45) is 2.78. The van der Waals surface area contributed by atoms with Crippen molar-refractivity contribution < 1.29 is 0 Å². The third-order valence-corrected chi connectivity index (χ3v) is 5.10. The Morgan fingerprint density at radius 3 is 2.67 bits per heavy atom. The van der Waals surface area contributed by atoms with E-state index in [4.69, 9.17) is 0 Å². The first kappa shape index (κ1) is 7.15. The Morgan fingerprint density at radius 2 is 1.87 bits per heavy atom. The average Bonchev–Trinajstić information content (AvgIpc) is 2.75. The fourth-order valence-electron chi connectivity index (χ4n) is 4.45. The highest BCUT2D eigenvalue weighted by Gasteiger charge is 2.73. The van der Waals surface area contributed by atoms with E-state index in [1.807, 2.05) is 0 Å². The summed E-state index contributed by atoms with van der Waals surface area (Å²) in [5.41, 5.74) is 3.71. The minimum absolute atomic E-state index is 0.509. The van der Waals surface area contributed by atoms with Crippen molar-refractivity contribution in [2.24, 2.45) is 15.6 Å². The molecule has 2 heteroatoms. The molecular formula is C13H12N2. The van der Waals surface area contributed by atoms with Crippen molar-refractivity contribution in [2.45, 2.75) is 36.8 Å². The fourth-order valence-corrected chi connectivity index (χ4v) is 4.45. The second kappa shape index (κ2) is 1.89. The van der Waals surface area contributed by atoms with Gasteiger partial charge in [-0.2, -0.15) is 10.2 Å².